The van der Waals surface area contributed by atoms with Gasteiger partial charge < -0.3 is 25.2 Å². The number of amides is 1. The molecule has 2 atom stereocenters. The molecule has 82 valence electrons. The Morgan fingerprint density at radius 3 is 2.64 bits per heavy atom. The van der Waals surface area contributed by atoms with Crippen molar-refractivity contribution in [2.45, 2.75) is 12.3 Å². The molecule has 1 fully saturated rings. The summed E-state index contributed by atoms with van der Waals surface area (Å²) in [4.78, 5) is 10.5. The molecule has 0 radical (unpaired) electrons. The maximum Gasteiger partial charge on any atom is 0.404 e. The number of nitrogens with one attached hydrogen (secondary N) is 2. The Kier molecular flexibility index (Phi) is 4.12. The first-order valence-corrected chi connectivity index (χ1v) is 4.44. The third kappa shape index (κ3) is 2.57. The van der Waals surface area contributed by atoms with E-state index in [1.807, 2.05) is 0 Å². The minimum atomic E-state index is -1.02. The van der Waals surface area contributed by atoms with Gasteiger partial charge in [0.05, 0.1) is 6.04 Å². The van der Waals surface area contributed by atoms with E-state index in [1.165, 1.54) is 0 Å². The lowest BCUT2D eigenvalue weighted by molar-refractivity contribution is -0.136. The van der Waals surface area contributed by atoms with Gasteiger partial charge in [-0.15, -0.1) is 0 Å². The lowest BCUT2D eigenvalue weighted by atomic mass is 10.0. The van der Waals surface area contributed by atoms with Gasteiger partial charge in [-0.05, 0) is 0 Å². The molecule has 1 aliphatic rings. The number of hydrogen-bond donors (Lipinski definition) is 3. The van der Waals surface area contributed by atoms with Crippen molar-refractivity contribution < 1.29 is 19.4 Å². The molecule has 1 saturated heterocycles. The van der Waals surface area contributed by atoms with E-state index in [1.54, 1.807) is 14.2 Å². The Hall–Kier alpha value is -0.850. The number of carbonyl (C=O) groups is 1. The van der Waals surface area contributed by atoms with Gasteiger partial charge in [-0.2, -0.15) is 0 Å². The highest BCUT2D eigenvalue weighted by Gasteiger charge is 2.34. The number of hydrogen-bond acceptors (Lipinski definition) is 4. The van der Waals surface area contributed by atoms with E-state index in [-0.39, 0.29) is 18.2 Å². The zero-order valence-corrected chi connectivity index (χ0v) is 8.32. The molecule has 0 spiro atoms. The largest absolute Gasteiger partial charge is 0.465 e. The van der Waals surface area contributed by atoms with Crippen molar-refractivity contribution in [3.63, 3.8) is 0 Å². The summed E-state index contributed by atoms with van der Waals surface area (Å²) in [6.07, 6.45) is -1.39. The van der Waals surface area contributed by atoms with Crippen molar-refractivity contribution in [1.29, 1.82) is 0 Å². The fourth-order valence-electron chi connectivity index (χ4n) is 1.75. The molecule has 6 nitrogen and oxygen atoms in total. The van der Waals surface area contributed by atoms with Gasteiger partial charge in [-0.3, -0.25) is 0 Å². The van der Waals surface area contributed by atoms with Crippen molar-refractivity contribution in [1.82, 2.24) is 10.6 Å². The van der Waals surface area contributed by atoms with Crippen LogP contribution in [0.1, 0.15) is 0 Å². The van der Waals surface area contributed by atoms with Crippen molar-refractivity contribution >= 4 is 6.09 Å². The van der Waals surface area contributed by atoms with Gasteiger partial charge in [-0.25, -0.2) is 4.79 Å². The molecule has 0 saturated carbocycles. The first-order valence-electron chi connectivity index (χ1n) is 4.44. The van der Waals surface area contributed by atoms with Crippen LogP contribution < -0.4 is 10.6 Å². The van der Waals surface area contributed by atoms with Gasteiger partial charge in [0.2, 0.25) is 0 Å². The summed E-state index contributed by atoms with van der Waals surface area (Å²) in [5.41, 5.74) is 0. The maximum absolute atomic E-state index is 10.5. The zero-order chi connectivity index (χ0) is 10.6. The van der Waals surface area contributed by atoms with Crippen LogP contribution in [0.2, 0.25) is 0 Å². The maximum atomic E-state index is 10.5. The Balaban J connectivity index is 2.53. The average Bonchev–Trinajstić information content (AvgIpc) is 2.55. The number of methoxy groups -OCH3 is 2. The fourth-order valence-corrected chi connectivity index (χ4v) is 1.75. The van der Waals surface area contributed by atoms with Crippen molar-refractivity contribution in [3.8, 4) is 0 Å². The lowest BCUT2D eigenvalue weighted by Crippen LogP contribution is -2.44. The highest BCUT2D eigenvalue weighted by Crippen LogP contribution is 2.16. The van der Waals surface area contributed by atoms with Crippen LogP contribution in [-0.2, 0) is 9.47 Å². The molecule has 0 bridgehead atoms. The molecule has 3 N–H and O–H groups in total. The van der Waals surface area contributed by atoms with Gasteiger partial charge in [0.1, 0.15) is 0 Å². The molecule has 6 heteroatoms. The molecule has 1 amide bonds. The third-order valence-electron chi connectivity index (χ3n) is 2.38. The monoisotopic (exact) mass is 204 g/mol. The molecule has 0 aromatic heterocycles. The van der Waals surface area contributed by atoms with E-state index in [2.05, 4.69) is 10.6 Å². The fraction of sp³-hybridized carbons (Fsp3) is 0.875. The quantitative estimate of drug-likeness (QED) is 0.536. The van der Waals surface area contributed by atoms with Crippen LogP contribution in [0, 0.1) is 5.92 Å². The second kappa shape index (κ2) is 5.14. The molecule has 0 aromatic rings. The minimum absolute atomic E-state index is 0.0149. The van der Waals surface area contributed by atoms with E-state index in [0.717, 1.165) is 0 Å². The number of rotatable bonds is 4. The third-order valence-corrected chi connectivity index (χ3v) is 2.38. The molecule has 1 rings (SSSR count). The van der Waals surface area contributed by atoms with Crippen molar-refractivity contribution in [3.05, 3.63) is 0 Å². The highest BCUT2D eigenvalue weighted by atomic mass is 16.7. The van der Waals surface area contributed by atoms with E-state index >= 15 is 0 Å². The van der Waals surface area contributed by atoms with E-state index in [9.17, 15) is 4.79 Å². The summed E-state index contributed by atoms with van der Waals surface area (Å²) in [5.74, 6) is 0.0149. The Labute approximate surface area is 82.6 Å². The summed E-state index contributed by atoms with van der Waals surface area (Å²) in [7, 11) is 3.09. The second-order valence-electron chi connectivity index (χ2n) is 3.22. The van der Waals surface area contributed by atoms with Crippen LogP contribution in [0.3, 0.4) is 0 Å². The van der Waals surface area contributed by atoms with Crippen LogP contribution in [0.5, 0.6) is 0 Å². The average molecular weight is 204 g/mol. The van der Waals surface area contributed by atoms with Gasteiger partial charge in [0.25, 0.3) is 0 Å². The van der Waals surface area contributed by atoms with Crippen molar-refractivity contribution in [2.75, 3.05) is 27.3 Å². The van der Waals surface area contributed by atoms with Gasteiger partial charge in [-0.1, -0.05) is 0 Å². The van der Waals surface area contributed by atoms with Crippen molar-refractivity contribution in [2.24, 2.45) is 5.92 Å². The van der Waals surface area contributed by atoms with Crippen LogP contribution in [0.4, 0.5) is 4.79 Å². The Bertz CT molecular complexity index is 196. The summed E-state index contributed by atoms with van der Waals surface area (Å²) >= 11 is 0. The standard InChI is InChI=1S/C8H16N2O4/c1-13-7(14-2)5-3-9-4-6(5)10-8(11)12/h5-7,9-10H,3-4H2,1-2H3,(H,11,12)/t5-,6-/m0/s1. The van der Waals surface area contributed by atoms with E-state index in [0.29, 0.717) is 13.1 Å². The SMILES string of the molecule is COC(OC)[C@H]1CNC[C@@H]1NC(=O)O. The first kappa shape index (κ1) is 11.2. The summed E-state index contributed by atoms with van der Waals surface area (Å²) in [5, 5.41) is 14.1. The molecule has 0 unspecified atom stereocenters. The summed E-state index contributed by atoms with van der Waals surface area (Å²) < 4.78 is 10.2. The molecule has 1 heterocycles. The topological polar surface area (TPSA) is 79.8 Å². The number of carboxylic acid groups (broad SMARTS) is 1. The summed E-state index contributed by atoms with van der Waals surface area (Å²) in [6, 6.07) is -0.155. The molecule has 1 aliphatic heterocycles. The Morgan fingerprint density at radius 1 is 1.50 bits per heavy atom. The Morgan fingerprint density at radius 2 is 2.14 bits per heavy atom. The molecular weight excluding hydrogens is 188 g/mol. The molecule has 0 aromatic carbocycles. The predicted octanol–water partition coefficient (Wildman–Crippen LogP) is -0.539. The normalized spacial score (nSPS) is 26.8. The van der Waals surface area contributed by atoms with Gasteiger partial charge in [0, 0.05) is 33.2 Å². The van der Waals surface area contributed by atoms with Crippen LogP contribution in [-0.4, -0.2) is 50.8 Å². The smallest absolute Gasteiger partial charge is 0.404 e. The second-order valence-corrected chi connectivity index (χ2v) is 3.22. The molecular formula is C8H16N2O4. The molecule has 0 aliphatic carbocycles. The van der Waals surface area contributed by atoms with Crippen LogP contribution in [0.15, 0.2) is 0 Å². The van der Waals surface area contributed by atoms with Gasteiger partial charge in [0.15, 0.2) is 6.29 Å². The van der Waals surface area contributed by atoms with E-state index < -0.39 is 6.09 Å². The van der Waals surface area contributed by atoms with Gasteiger partial charge >= 0.3 is 6.09 Å². The van der Waals surface area contributed by atoms with Crippen LogP contribution >= 0.6 is 0 Å². The number of ether oxygens (including phenoxy) is 2. The lowest BCUT2D eigenvalue weighted by Gasteiger charge is -2.25. The predicted molar refractivity (Wildman–Crippen MR) is 49.1 cm³/mol. The minimum Gasteiger partial charge on any atom is -0.465 e. The first-order chi connectivity index (χ1) is 6.69. The summed E-state index contributed by atoms with van der Waals surface area (Å²) in [6.45, 7) is 1.30. The highest BCUT2D eigenvalue weighted by molar-refractivity contribution is 5.65. The van der Waals surface area contributed by atoms with E-state index in [4.69, 9.17) is 14.6 Å². The zero-order valence-electron chi connectivity index (χ0n) is 8.32. The molecule has 14 heavy (non-hydrogen) atoms. The van der Waals surface area contributed by atoms with Crippen LogP contribution in [0.25, 0.3) is 0 Å².